The summed E-state index contributed by atoms with van der Waals surface area (Å²) in [5, 5.41) is 3.38. The molecule has 0 fully saturated rings. The summed E-state index contributed by atoms with van der Waals surface area (Å²) in [6, 6.07) is 20.6. The molecule has 0 amide bonds. The lowest BCUT2D eigenvalue weighted by Gasteiger charge is -2.17. The van der Waals surface area contributed by atoms with Gasteiger partial charge in [0.2, 0.25) is 0 Å². The van der Waals surface area contributed by atoms with Crippen LogP contribution < -0.4 is 10.1 Å². The molecule has 0 bridgehead atoms. The number of hydrogen-bond donors (Lipinski definition) is 1. The van der Waals surface area contributed by atoms with Crippen molar-refractivity contribution in [2.75, 3.05) is 6.54 Å². The number of rotatable bonds is 4. The zero-order valence-corrected chi connectivity index (χ0v) is 13.5. The Balaban J connectivity index is 1.47. The maximum Gasteiger partial charge on any atom is 0.119 e. The maximum atomic E-state index is 5.84. The van der Waals surface area contributed by atoms with Crippen LogP contribution in [0.15, 0.2) is 66.9 Å². The van der Waals surface area contributed by atoms with Crippen LogP contribution in [0, 0.1) is 0 Å². The lowest BCUT2D eigenvalue weighted by atomic mass is 10.0. The van der Waals surface area contributed by atoms with Crippen molar-refractivity contribution in [2.45, 2.75) is 19.6 Å². The number of pyridine rings is 1. The molecular weight excluding hydrogens is 296 g/mol. The number of nitrogens with one attached hydrogen (secondary N) is 1. The van der Waals surface area contributed by atoms with Crippen molar-refractivity contribution >= 4 is 0 Å². The first kappa shape index (κ1) is 14.9. The molecule has 1 aromatic heterocycles. The van der Waals surface area contributed by atoms with Gasteiger partial charge < -0.3 is 10.1 Å². The number of fused-ring (bicyclic) bond motifs is 1. The number of hydrogen-bond acceptors (Lipinski definition) is 3. The quantitative estimate of drug-likeness (QED) is 0.791. The smallest absolute Gasteiger partial charge is 0.119 e. The summed E-state index contributed by atoms with van der Waals surface area (Å²) in [7, 11) is 0. The highest BCUT2D eigenvalue weighted by molar-refractivity contribution is 5.61. The van der Waals surface area contributed by atoms with Crippen molar-refractivity contribution in [2.24, 2.45) is 0 Å². The Bertz CT molecular complexity index is 813. The number of nitrogens with zero attached hydrogens (tertiary/aromatic N) is 1. The van der Waals surface area contributed by atoms with E-state index in [0.717, 1.165) is 36.5 Å². The zero-order valence-electron chi connectivity index (χ0n) is 13.5. The molecule has 2 heterocycles. The molecule has 3 aromatic rings. The average Bonchev–Trinajstić information content (AvgIpc) is 2.67. The van der Waals surface area contributed by atoms with Gasteiger partial charge >= 0.3 is 0 Å². The molecule has 0 aliphatic carbocycles. The second kappa shape index (κ2) is 6.85. The van der Waals surface area contributed by atoms with Crippen LogP contribution in [-0.2, 0) is 19.6 Å². The fourth-order valence-electron chi connectivity index (χ4n) is 2.98. The summed E-state index contributed by atoms with van der Waals surface area (Å²) in [5.41, 5.74) is 6.05. The van der Waals surface area contributed by atoms with Gasteiger partial charge in [0.1, 0.15) is 12.4 Å². The second-order valence-corrected chi connectivity index (χ2v) is 6.06. The van der Waals surface area contributed by atoms with Crippen LogP contribution in [0.1, 0.15) is 16.7 Å². The van der Waals surface area contributed by atoms with E-state index in [1.54, 1.807) is 0 Å². The molecule has 1 aliphatic rings. The van der Waals surface area contributed by atoms with Gasteiger partial charge in [-0.3, -0.25) is 4.98 Å². The van der Waals surface area contributed by atoms with E-state index in [9.17, 15) is 0 Å². The Morgan fingerprint density at radius 1 is 0.958 bits per heavy atom. The Morgan fingerprint density at radius 2 is 1.79 bits per heavy atom. The van der Waals surface area contributed by atoms with Crippen LogP contribution in [0.4, 0.5) is 0 Å². The molecule has 24 heavy (non-hydrogen) atoms. The molecule has 120 valence electrons. The molecule has 2 aromatic carbocycles. The molecule has 3 nitrogen and oxygen atoms in total. The Kier molecular flexibility index (Phi) is 4.26. The van der Waals surface area contributed by atoms with Gasteiger partial charge in [-0.25, -0.2) is 0 Å². The summed E-state index contributed by atoms with van der Waals surface area (Å²) in [6.45, 7) is 2.56. The van der Waals surface area contributed by atoms with E-state index in [1.807, 2.05) is 36.5 Å². The fraction of sp³-hybridized carbons (Fsp3) is 0.190. The zero-order chi connectivity index (χ0) is 16.2. The van der Waals surface area contributed by atoms with Crippen LogP contribution in [0.2, 0.25) is 0 Å². The van der Waals surface area contributed by atoms with Crippen LogP contribution >= 0.6 is 0 Å². The molecule has 0 unspecified atom stereocenters. The molecule has 0 radical (unpaired) electrons. The van der Waals surface area contributed by atoms with Gasteiger partial charge in [0.05, 0.1) is 5.69 Å². The van der Waals surface area contributed by atoms with Gasteiger partial charge in [-0.15, -0.1) is 0 Å². The predicted octanol–water partition coefficient (Wildman–Crippen LogP) is 3.97. The van der Waals surface area contributed by atoms with E-state index in [4.69, 9.17) is 4.74 Å². The molecule has 0 spiro atoms. The fourth-order valence-corrected chi connectivity index (χ4v) is 2.98. The average molecular weight is 316 g/mol. The minimum atomic E-state index is 0.588. The summed E-state index contributed by atoms with van der Waals surface area (Å²) >= 11 is 0. The summed E-state index contributed by atoms with van der Waals surface area (Å²) < 4.78 is 5.84. The largest absolute Gasteiger partial charge is 0.489 e. The third-order valence-electron chi connectivity index (χ3n) is 4.37. The third-order valence-corrected chi connectivity index (χ3v) is 4.37. The Hall–Kier alpha value is -2.65. The van der Waals surface area contributed by atoms with Crippen LogP contribution in [-0.4, -0.2) is 11.5 Å². The molecule has 0 saturated heterocycles. The molecule has 3 heteroatoms. The monoisotopic (exact) mass is 316 g/mol. The minimum Gasteiger partial charge on any atom is -0.489 e. The minimum absolute atomic E-state index is 0.588. The van der Waals surface area contributed by atoms with Crippen molar-refractivity contribution in [3.8, 4) is 17.0 Å². The van der Waals surface area contributed by atoms with Gasteiger partial charge in [0.15, 0.2) is 0 Å². The SMILES string of the molecule is c1ccc(COc2ccc(-c3cc4c(cn3)CNCC4)cc2)cc1. The van der Waals surface area contributed by atoms with Crippen molar-refractivity contribution in [3.63, 3.8) is 0 Å². The Morgan fingerprint density at radius 3 is 2.62 bits per heavy atom. The molecule has 1 N–H and O–H groups in total. The topological polar surface area (TPSA) is 34.1 Å². The summed E-state index contributed by atoms with van der Waals surface area (Å²) in [4.78, 5) is 4.60. The molecule has 0 saturated carbocycles. The lowest BCUT2D eigenvalue weighted by Crippen LogP contribution is -2.23. The van der Waals surface area contributed by atoms with E-state index in [1.165, 1.54) is 16.7 Å². The first-order chi connectivity index (χ1) is 11.9. The second-order valence-electron chi connectivity index (χ2n) is 6.06. The van der Waals surface area contributed by atoms with Gasteiger partial charge in [0.25, 0.3) is 0 Å². The van der Waals surface area contributed by atoms with Gasteiger partial charge in [-0.1, -0.05) is 30.3 Å². The maximum absolute atomic E-state index is 5.84. The van der Waals surface area contributed by atoms with Crippen LogP contribution in [0.5, 0.6) is 5.75 Å². The van der Waals surface area contributed by atoms with E-state index in [0.29, 0.717) is 6.61 Å². The van der Waals surface area contributed by atoms with Crippen molar-refractivity contribution in [3.05, 3.63) is 83.6 Å². The molecular formula is C21H20N2O. The Labute approximate surface area is 142 Å². The number of benzene rings is 2. The van der Waals surface area contributed by atoms with Crippen molar-refractivity contribution in [1.29, 1.82) is 0 Å². The highest BCUT2D eigenvalue weighted by Gasteiger charge is 2.10. The molecule has 1 aliphatic heterocycles. The molecule has 0 atom stereocenters. The highest BCUT2D eigenvalue weighted by Crippen LogP contribution is 2.24. The van der Waals surface area contributed by atoms with E-state index < -0.39 is 0 Å². The number of ether oxygens (including phenoxy) is 1. The van der Waals surface area contributed by atoms with Crippen molar-refractivity contribution < 1.29 is 4.74 Å². The standard InChI is InChI=1S/C21H20N2O/c1-2-4-16(5-3-1)15-24-20-8-6-17(7-9-20)21-12-18-10-11-22-13-19(18)14-23-21/h1-9,12,14,22H,10-11,13,15H2. The lowest BCUT2D eigenvalue weighted by molar-refractivity contribution is 0.306. The van der Waals surface area contributed by atoms with Crippen LogP contribution in [0.25, 0.3) is 11.3 Å². The third kappa shape index (κ3) is 3.31. The molecule has 4 rings (SSSR count). The van der Waals surface area contributed by atoms with Gasteiger partial charge in [-0.05, 0) is 60.0 Å². The van der Waals surface area contributed by atoms with E-state index in [2.05, 4.69) is 40.6 Å². The van der Waals surface area contributed by atoms with Gasteiger partial charge in [-0.2, -0.15) is 0 Å². The highest BCUT2D eigenvalue weighted by atomic mass is 16.5. The first-order valence-electron chi connectivity index (χ1n) is 8.34. The van der Waals surface area contributed by atoms with E-state index in [-0.39, 0.29) is 0 Å². The van der Waals surface area contributed by atoms with Gasteiger partial charge in [0, 0.05) is 18.3 Å². The van der Waals surface area contributed by atoms with Crippen molar-refractivity contribution in [1.82, 2.24) is 10.3 Å². The number of aromatic nitrogens is 1. The summed E-state index contributed by atoms with van der Waals surface area (Å²) in [5.74, 6) is 0.879. The normalized spacial score (nSPS) is 13.3. The van der Waals surface area contributed by atoms with Crippen LogP contribution in [0.3, 0.4) is 0 Å². The summed E-state index contributed by atoms with van der Waals surface area (Å²) in [6.07, 6.45) is 3.07. The van der Waals surface area contributed by atoms with E-state index >= 15 is 0 Å². The predicted molar refractivity (Wildman–Crippen MR) is 95.9 cm³/mol. The first-order valence-corrected chi connectivity index (χ1v) is 8.34.